The van der Waals surface area contributed by atoms with Crippen LogP contribution in [0.3, 0.4) is 0 Å². The van der Waals surface area contributed by atoms with Crippen LogP contribution in [0.4, 0.5) is 0 Å². The van der Waals surface area contributed by atoms with Gasteiger partial charge in [-0.15, -0.1) is 0 Å². The van der Waals surface area contributed by atoms with Crippen LogP contribution < -0.4 is 5.32 Å². The van der Waals surface area contributed by atoms with E-state index in [0.29, 0.717) is 6.42 Å². The lowest BCUT2D eigenvalue weighted by molar-refractivity contribution is -0.359. The molecular weight excluding hydrogens is 835 g/mol. The van der Waals surface area contributed by atoms with Crippen molar-refractivity contribution >= 4 is 5.91 Å². The SMILES string of the molecule is CCCCCCCCCC/C=C/[C@@H](O)[C@H](CO[C@@H]1O[C@H](CO)[C@@H](O[C@@H]2O[C@H](CO)[C@H](O)C(O)C2O)C(O)C1O)NC(=O)CCCCCCCCCCCCCCCCCCCCCCC. The molecular formula is C51H97NO13. The van der Waals surface area contributed by atoms with Gasteiger partial charge in [0.15, 0.2) is 12.6 Å². The quantitative estimate of drug-likeness (QED) is 0.0219. The molecule has 0 aromatic rings. The molecule has 9 N–H and O–H groups in total. The summed E-state index contributed by atoms with van der Waals surface area (Å²) in [6.45, 7) is 2.78. The summed E-state index contributed by atoms with van der Waals surface area (Å²) in [6.07, 6.45) is 24.1. The fourth-order valence-corrected chi connectivity index (χ4v) is 8.88. The molecule has 384 valence electrons. The van der Waals surface area contributed by atoms with Crippen molar-refractivity contribution in [2.24, 2.45) is 0 Å². The Morgan fingerprint density at radius 1 is 0.538 bits per heavy atom. The molecule has 2 aliphatic heterocycles. The van der Waals surface area contributed by atoms with Gasteiger partial charge in [-0.1, -0.05) is 199 Å². The average Bonchev–Trinajstić information content (AvgIpc) is 3.30. The average molecular weight is 932 g/mol. The minimum absolute atomic E-state index is 0.238. The van der Waals surface area contributed by atoms with E-state index in [0.717, 1.165) is 38.5 Å². The van der Waals surface area contributed by atoms with Crippen LogP contribution in [0.15, 0.2) is 12.2 Å². The van der Waals surface area contributed by atoms with E-state index in [1.807, 2.05) is 6.08 Å². The Kier molecular flexibility index (Phi) is 35.5. The molecule has 2 saturated heterocycles. The van der Waals surface area contributed by atoms with Crippen LogP contribution in [-0.2, 0) is 23.7 Å². The standard InChI is InChI=1S/C51H97NO13/c1-3-5-7-9-11-13-15-16-17-18-19-20-21-22-23-24-25-27-29-31-33-35-43(56)52-39(40(55)34-32-30-28-26-14-12-10-8-6-4-2)38-62-50-48(61)46(59)49(42(37-54)64-50)65-51-47(60)45(58)44(57)41(36-53)63-51/h32,34,39-42,44-51,53-55,57-61H,3-31,33,35-38H2,1-2H3,(H,52,56)/b34-32+/t39-,40+,41+,42+,44-,45?,46?,47?,48?,49+,50+,51-/m0/s1. The third-order valence-corrected chi connectivity index (χ3v) is 13.2. The topological polar surface area (TPSA) is 228 Å². The summed E-state index contributed by atoms with van der Waals surface area (Å²) in [6, 6.07) is -0.907. The van der Waals surface area contributed by atoms with Crippen molar-refractivity contribution in [3.05, 3.63) is 12.2 Å². The fraction of sp³-hybridized carbons (Fsp3) is 0.941. The summed E-state index contributed by atoms with van der Waals surface area (Å²) < 4.78 is 22.7. The number of unbranched alkanes of at least 4 members (excludes halogenated alkanes) is 28. The summed E-state index contributed by atoms with van der Waals surface area (Å²) >= 11 is 0. The highest BCUT2D eigenvalue weighted by molar-refractivity contribution is 5.76. The van der Waals surface area contributed by atoms with Crippen LogP contribution in [0.1, 0.15) is 213 Å². The predicted octanol–water partition coefficient (Wildman–Crippen LogP) is 7.16. The van der Waals surface area contributed by atoms with Gasteiger partial charge in [-0.2, -0.15) is 0 Å². The van der Waals surface area contributed by atoms with Crippen LogP contribution in [-0.4, -0.2) is 140 Å². The third-order valence-electron chi connectivity index (χ3n) is 13.2. The molecule has 4 unspecified atom stereocenters. The van der Waals surface area contributed by atoms with Crippen molar-refractivity contribution in [3.63, 3.8) is 0 Å². The molecule has 0 aromatic carbocycles. The van der Waals surface area contributed by atoms with Gasteiger partial charge in [0.2, 0.25) is 5.91 Å². The number of ether oxygens (including phenoxy) is 4. The Morgan fingerprint density at radius 3 is 1.42 bits per heavy atom. The van der Waals surface area contributed by atoms with Crippen LogP contribution in [0, 0.1) is 0 Å². The van der Waals surface area contributed by atoms with Gasteiger partial charge >= 0.3 is 0 Å². The molecule has 0 spiro atoms. The van der Waals surface area contributed by atoms with E-state index < -0.39 is 86.8 Å². The first kappa shape index (κ1) is 59.9. The summed E-state index contributed by atoms with van der Waals surface area (Å²) in [4.78, 5) is 13.2. The molecule has 2 heterocycles. The van der Waals surface area contributed by atoms with Crippen molar-refractivity contribution in [3.8, 4) is 0 Å². The van der Waals surface area contributed by atoms with Gasteiger partial charge in [-0.05, 0) is 19.3 Å². The lowest BCUT2D eigenvalue weighted by atomic mass is 9.97. The molecule has 14 nitrogen and oxygen atoms in total. The maximum atomic E-state index is 13.2. The molecule has 2 fully saturated rings. The molecule has 2 rings (SSSR count). The summed E-state index contributed by atoms with van der Waals surface area (Å²) in [5.74, 6) is -0.238. The molecule has 0 bridgehead atoms. The van der Waals surface area contributed by atoms with E-state index in [9.17, 15) is 45.6 Å². The number of aliphatic hydroxyl groups is 8. The van der Waals surface area contributed by atoms with Gasteiger partial charge in [-0.3, -0.25) is 4.79 Å². The van der Waals surface area contributed by atoms with Gasteiger partial charge in [0.1, 0.15) is 48.8 Å². The molecule has 0 aromatic heterocycles. The lowest BCUT2D eigenvalue weighted by Gasteiger charge is -2.46. The van der Waals surface area contributed by atoms with Crippen molar-refractivity contribution in [1.29, 1.82) is 0 Å². The number of aliphatic hydroxyl groups excluding tert-OH is 8. The normalized spacial score (nSPS) is 27.0. The smallest absolute Gasteiger partial charge is 0.220 e. The highest BCUT2D eigenvalue weighted by Crippen LogP contribution is 2.30. The molecule has 65 heavy (non-hydrogen) atoms. The Hall–Kier alpha value is -1.27. The molecule has 1 amide bonds. The van der Waals surface area contributed by atoms with Crippen molar-refractivity contribution in [2.45, 2.75) is 286 Å². The third kappa shape index (κ3) is 25.8. The predicted molar refractivity (Wildman–Crippen MR) is 254 cm³/mol. The number of allylic oxidation sites excluding steroid dienone is 1. The molecule has 12 atom stereocenters. The minimum atomic E-state index is -1.78. The summed E-state index contributed by atoms with van der Waals surface area (Å²) in [5.41, 5.74) is 0. The van der Waals surface area contributed by atoms with Crippen LogP contribution in [0.2, 0.25) is 0 Å². The number of carbonyl (C=O) groups is 1. The van der Waals surface area contributed by atoms with Gasteiger partial charge in [-0.25, -0.2) is 0 Å². The first-order valence-electron chi connectivity index (χ1n) is 26.4. The second-order valence-electron chi connectivity index (χ2n) is 19.0. The second-order valence-corrected chi connectivity index (χ2v) is 19.0. The lowest BCUT2D eigenvalue weighted by Crippen LogP contribution is -2.65. The van der Waals surface area contributed by atoms with Gasteiger partial charge in [0, 0.05) is 6.42 Å². The first-order chi connectivity index (χ1) is 31.6. The fourth-order valence-electron chi connectivity index (χ4n) is 8.88. The highest BCUT2D eigenvalue weighted by atomic mass is 16.7. The first-order valence-corrected chi connectivity index (χ1v) is 26.4. The van der Waals surface area contributed by atoms with E-state index in [1.165, 1.54) is 148 Å². The number of rotatable bonds is 41. The monoisotopic (exact) mass is 932 g/mol. The Morgan fingerprint density at radius 2 is 0.954 bits per heavy atom. The molecule has 14 heteroatoms. The number of nitrogens with one attached hydrogen (secondary N) is 1. The van der Waals surface area contributed by atoms with Crippen molar-refractivity contribution in [2.75, 3.05) is 19.8 Å². The number of hydrogen-bond acceptors (Lipinski definition) is 13. The number of amides is 1. The van der Waals surface area contributed by atoms with Crippen LogP contribution in [0.5, 0.6) is 0 Å². The number of hydrogen-bond donors (Lipinski definition) is 9. The van der Waals surface area contributed by atoms with E-state index in [2.05, 4.69) is 19.2 Å². The molecule has 0 radical (unpaired) electrons. The van der Waals surface area contributed by atoms with Gasteiger partial charge in [0.05, 0.1) is 32.0 Å². The van der Waals surface area contributed by atoms with Crippen LogP contribution in [0.25, 0.3) is 0 Å². The summed E-state index contributed by atoms with van der Waals surface area (Å²) in [7, 11) is 0. The Balaban J connectivity index is 1.76. The largest absolute Gasteiger partial charge is 0.394 e. The Labute approximate surface area is 393 Å². The summed E-state index contributed by atoms with van der Waals surface area (Å²) in [5, 5.41) is 86.6. The second kappa shape index (κ2) is 38.6. The molecule has 2 aliphatic rings. The Bertz CT molecular complexity index is 1150. The maximum absolute atomic E-state index is 13.2. The molecule has 0 saturated carbocycles. The van der Waals surface area contributed by atoms with Crippen molar-refractivity contribution in [1.82, 2.24) is 5.32 Å². The number of carbonyl (C=O) groups excluding carboxylic acids is 1. The zero-order chi connectivity index (χ0) is 47.5. The maximum Gasteiger partial charge on any atom is 0.220 e. The zero-order valence-electron chi connectivity index (χ0n) is 40.7. The van der Waals surface area contributed by atoms with E-state index in [-0.39, 0.29) is 18.9 Å². The van der Waals surface area contributed by atoms with Crippen LogP contribution >= 0.6 is 0 Å². The van der Waals surface area contributed by atoms with Crippen molar-refractivity contribution < 1.29 is 64.6 Å². The minimum Gasteiger partial charge on any atom is -0.394 e. The van der Waals surface area contributed by atoms with Gasteiger partial charge < -0.3 is 65.1 Å². The van der Waals surface area contributed by atoms with Gasteiger partial charge in [0.25, 0.3) is 0 Å². The van der Waals surface area contributed by atoms with E-state index >= 15 is 0 Å². The van der Waals surface area contributed by atoms with E-state index in [4.69, 9.17) is 18.9 Å². The highest BCUT2D eigenvalue weighted by Gasteiger charge is 2.51. The van der Waals surface area contributed by atoms with E-state index in [1.54, 1.807) is 6.08 Å². The zero-order valence-corrected chi connectivity index (χ0v) is 40.7. The molecule has 0 aliphatic carbocycles.